The zero-order chi connectivity index (χ0) is 35.6. The number of aliphatic imine (C=N–C) groups is 1. The predicted molar refractivity (Wildman–Crippen MR) is 175 cm³/mol. The number of nitrogens with two attached hydrogens (primary N) is 3. The van der Waals surface area contributed by atoms with E-state index in [0.29, 0.717) is 38.9 Å². The van der Waals surface area contributed by atoms with Crippen LogP contribution in [-0.2, 0) is 18.6 Å². The molecule has 0 fully saturated rings. The Bertz CT molecular complexity index is 2210. The van der Waals surface area contributed by atoms with Gasteiger partial charge >= 0.3 is 6.18 Å². The molecule has 14 nitrogen and oxygen atoms in total. The molecule has 0 aliphatic rings. The van der Waals surface area contributed by atoms with Crippen molar-refractivity contribution < 1.29 is 13.2 Å². The summed E-state index contributed by atoms with van der Waals surface area (Å²) >= 11 is 0. The number of guanidine groups is 2. The van der Waals surface area contributed by atoms with Crippen molar-refractivity contribution in [1.82, 2.24) is 29.0 Å². The lowest BCUT2D eigenvalue weighted by Gasteiger charge is -2.15. The summed E-state index contributed by atoms with van der Waals surface area (Å²) in [6.07, 6.45) is 1.67. The minimum absolute atomic E-state index is 0.0509. The van der Waals surface area contributed by atoms with Crippen LogP contribution in [0, 0.1) is 28.2 Å². The van der Waals surface area contributed by atoms with Crippen LogP contribution >= 0.6 is 0 Å². The second kappa shape index (κ2) is 13.1. The number of aromatic nitrogens is 5. The summed E-state index contributed by atoms with van der Waals surface area (Å²) in [5.41, 5.74) is 17.6. The average molecular weight is 657 g/mol. The molecule has 0 bridgehead atoms. The maximum atomic E-state index is 13.5. The number of anilines is 1. The van der Waals surface area contributed by atoms with E-state index in [-0.39, 0.29) is 23.1 Å². The average Bonchev–Trinajstić information content (AvgIpc) is 3.32. The minimum atomic E-state index is -4.66. The van der Waals surface area contributed by atoms with Crippen molar-refractivity contribution in [2.24, 2.45) is 28.5 Å². The van der Waals surface area contributed by atoms with Crippen molar-refractivity contribution in [1.29, 1.82) is 15.9 Å². The molecule has 4 aromatic heterocycles. The third-order valence-electron chi connectivity index (χ3n) is 7.20. The van der Waals surface area contributed by atoms with E-state index >= 15 is 0 Å². The van der Waals surface area contributed by atoms with Gasteiger partial charge in [-0.1, -0.05) is 6.07 Å². The van der Waals surface area contributed by atoms with Gasteiger partial charge in [-0.2, -0.15) is 28.7 Å². The summed E-state index contributed by atoms with van der Waals surface area (Å²) < 4.78 is 43.9. The van der Waals surface area contributed by atoms with Crippen molar-refractivity contribution >= 4 is 39.7 Å². The van der Waals surface area contributed by atoms with Crippen LogP contribution in [-0.4, -0.2) is 55.0 Å². The third-order valence-corrected chi connectivity index (χ3v) is 7.20. The predicted octanol–water partition coefficient (Wildman–Crippen LogP) is 3.51. The highest BCUT2D eigenvalue weighted by Crippen LogP contribution is 2.36. The largest absolute Gasteiger partial charge is 0.419 e. The smallest absolute Gasteiger partial charge is 0.383 e. The van der Waals surface area contributed by atoms with Gasteiger partial charge in [0.05, 0.1) is 57.4 Å². The molecule has 0 saturated carbocycles. The standard InChI is InChI=1S/C27H20F3N9.C4H11N5/c1-26(2,13-31)22-7-5-17(11-35-22)39-23-18-8-15(16-9-19(27(28,29)30)24(33)36-10-16)4-6-20(18)34-12-21(23)38(3)25(39)37-14-32;1-9(2)4(7)8-3(5)6/h4-12H,1-3H3,(H2,33,36);1-2H3,(H5,5,6,7,8). The molecule has 7 N–H and O–H groups in total. The second-order valence-corrected chi connectivity index (χ2v) is 11.2. The first kappa shape index (κ1) is 34.4. The fourth-order valence-corrected chi connectivity index (χ4v) is 4.63. The van der Waals surface area contributed by atoms with Gasteiger partial charge in [0.1, 0.15) is 5.82 Å². The molecule has 5 aromatic rings. The molecule has 0 saturated heterocycles. The molecule has 4 heterocycles. The molecule has 5 rings (SSSR count). The van der Waals surface area contributed by atoms with Crippen LogP contribution in [0.2, 0.25) is 0 Å². The number of hydrogen-bond acceptors (Lipinski definition) is 8. The molecule has 0 radical (unpaired) electrons. The molecule has 0 spiro atoms. The minimum Gasteiger partial charge on any atom is -0.383 e. The lowest BCUT2D eigenvalue weighted by molar-refractivity contribution is -0.137. The van der Waals surface area contributed by atoms with Crippen molar-refractivity contribution in [2.45, 2.75) is 25.4 Å². The molecule has 0 atom stereocenters. The fourth-order valence-electron chi connectivity index (χ4n) is 4.63. The molecule has 0 aliphatic heterocycles. The van der Waals surface area contributed by atoms with Gasteiger partial charge in [0.15, 0.2) is 5.96 Å². The Morgan fingerprint density at radius 2 is 1.69 bits per heavy atom. The van der Waals surface area contributed by atoms with Gasteiger partial charge in [0, 0.05) is 38.3 Å². The zero-order valence-corrected chi connectivity index (χ0v) is 26.5. The van der Waals surface area contributed by atoms with E-state index in [4.69, 9.17) is 22.6 Å². The van der Waals surface area contributed by atoms with Crippen LogP contribution in [0.3, 0.4) is 0 Å². The maximum Gasteiger partial charge on any atom is 0.419 e. The topological polar surface area (TPSA) is 226 Å². The van der Waals surface area contributed by atoms with Gasteiger partial charge in [-0.3, -0.25) is 19.9 Å². The highest BCUT2D eigenvalue weighted by molar-refractivity contribution is 6.04. The molecule has 17 heteroatoms. The van der Waals surface area contributed by atoms with E-state index in [1.807, 2.05) is 6.19 Å². The molecule has 48 heavy (non-hydrogen) atoms. The lowest BCUT2D eigenvalue weighted by Crippen LogP contribution is -2.28. The Labute approximate surface area is 272 Å². The molecule has 0 unspecified atom stereocenters. The normalized spacial score (nSPS) is 11.8. The summed E-state index contributed by atoms with van der Waals surface area (Å²) in [4.78, 5) is 21.7. The Hall–Kier alpha value is -6.49. The van der Waals surface area contributed by atoms with Crippen molar-refractivity contribution in [2.75, 3.05) is 19.8 Å². The van der Waals surface area contributed by atoms with Crippen molar-refractivity contribution in [3.05, 3.63) is 71.9 Å². The number of nitrogens with one attached hydrogen (secondary N) is 1. The van der Waals surface area contributed by atoms with Crippen LogP contribution < -0.4 is 22.8 Å². The van der Waals surface area contributed by atoms with Crippen LogP contribution in [0.25, 0.3) is 38.8 Å². The molecule has 1 aromatic carbocycles. The number of alkyl halides is 3. The monoisotopic (exact) mass is 656 g/mol. The number of imidazole rings is 1. The van der Waals surface area contributed by atoms with E-state index < -0.39 is 23.0 Å². The number of rotatable bonds is 3. The van der Waals surface area contributed by atoms with E-state index in [0.717, 1.165) is 6.07 Å². The van der Waals surface area contributed by atoms with Gasteiger partial charge in [-0.25, -0.2) is 4.98 Å². The molecule has 0 aliphatic carbocycles. The quantitative estimate of drug-likeness (QED) is 0.126. The van der Waals surface area contributed by atoms with Crippen LogP contribution in [0.15, 0.2) is 65.0 Å². The number of nitriles is 2. The second-order valence-electron chi connectivity index (χ2n) is 11.2. The number of benzene rings is 1. The summed E-state index contributed by atoms with van der Waals surface area (Å²) in [5, 5.41) is 26.6. The summed E-state index contributed by atoms with van der Waals surface area (Å²) in [7, 11) is 5.11. The number of nitrogen functional groups attached to an aromatic ring is 1. The lowest BCUT2D eigenvalue weighted by atomic mass is 9.91. The molecular formula is C31H31F3N14. The van der Waals surface area contributed by atoms with E-state index in [1.54, 1.807) is 86.9 Å². The number of pyridine rings is 3. The first-order chi connectivity index (χ1) is 22.5. The summed E-state index contributed by atoms with van der Waals surface area (Å²) in [6, 6.07) is 11.8. The number of halogens is 3. The molecule has 246 valence electrons. The summed E-state index contributed by atoms with van der Waals surface area (Å²) in [6.45, 7) is 3.51. The Morgan fingerprint density at radius 1 is 0.979 bits per heavy atom. The Balaban J connectivity index is 0.000000508. The zero-order valence-electron chi connectivity index (χ0n) is 26.5. The number of fused-ring (bicyclic) bond motifs is 3. The number of hydrogen-bond donors (Lipinski definition) is 4. The van der Waals surface area contributed by atoms with Gasteiger partial charge in [-0.15, -0.1) is 4.99 Å². The van der Waals surface area contributed by atoms with Gasteiger partial charge in [-0.05, 0) is 49.7 Å². The summed E-state index contributed by atoms with van der Waals surface area (Å²) in [5.74, 6) is -0.640. The van der Waals surface area contributed by atoms with Crippen LogP contribution in [0.4, 0.5) is 19.0 Å². The number of nitrogens with zero attached hydrogens (tertiary/aromatic N) is 10. The van der Waals surface area contributed by atoms with E-state index in [1.165, 1.54) is 11.1 Å². The van der Waals surface area contributed by atoms with Gasteiger partial charge in [0.2, 0.25) is 17.8 Å². The van der Waals surface area contributed by atoms with Crippen LogP contribution in [0.5, 0.6) is 0 Å². The van der Waals surface area contributed by atoms with Crippen LogP contribution in [0.1, 0.15) is 25.1 Å². The van der Waals surface area contributed by atoms with Gasteiger partial charge in [0.25, 0.3) is 0 Å². The first-order valence-corrected chi connectivity index (χ1v) is 14.0. The van der Waals surface area contributed by atoms with Crippen molar-refractivity contribution in [3.63, 3.8) is 0 Å². The van der Waals surface area contributed by atoms with E-state index in [2.05, 4.69) is 31.0 Å². The Kier molecular flexibility index (Phi) is 9.38. The number of aryl methyl sites for hydroxylation is 1. The van der Waals surface area contributed by atoms with Crippen molar-refractivity contribution in [3.8, 4) is 29.1 Å². The SMILES string of the molecule is CN(C)C(=N)N=C(N)N.Cn1c(=NC#N)n(-c2ccc(C(C)(C)C#N)nc2)c2c3cc(-c4cnc(N)c(C(F)(F)F)c4)ccc3ncc21. The molecular weight excluding hydrogens is 625 g/mol. The Morgan fingerprint density at radius 3 is 2.23 bits per heavy atom. The third kappa shape index (κ3) is 6.85. The van der Waals surface area contributed by atoms with E-state index in [9.17, 15) is 23.7 Å². The van der Waals surface area contributed by atoms with Gasteiger partial charge < -0.3 is 26.7 Å². The molecule has 0 amide bonds. The fraction of sp³-hybridized carbons (Fsp3) is 0.226. The maximum absolute atomic E-state index is 13.5. The highest BCUT2D eigenvalue weighted by atomic mass is 19.4. The first-order valence-electron chi connectivity index (χ1n) is 14.0. The highest BCUT2D eigenvalue weighted by Gasteiger charge is 2.34.